The zero-order chi connectivity index (χ0) is 25.1. The van der Waals surface area contributed by atoms with Gasteiger partial charge < -0.3 is 24.4 Å². The number of nitriles is 1. The van der Waals surface area contributed by atoms with Crippen LogP contribution in [-0.2, 0) is 4.84 Å². The Labute approximate surface area is 210 Å². The van der Waals surface area contributed by atoms with Crippen molar-refractivity contribution in [2.24, 2.45) is 0 Å². The molecule has 2 aromatic carbocycles. The molecule has 36 heavy (non-hydrogen) atoms. The van der Waals surface area contributed by atoms with Crippen molar-refractivity contribution in [2.45, 2.75) is 6.42 Å². The minimum absolute atomic E-state index is 0.489. The maximum absolute atomic E-state index is 12.6. The molecule has 0 atom stereocenters. The Hall–Kier alpha value is -4.00. The predicted molar refractivity (Wildman–Crippen MR) is 140 cm³/mol. The highest BCUT2D eigenvalue weighted by Crippen LogP contribution is 2.33. The molecule has 1 saturated heterocycles. The summed E-state index contributed by atoms with van der Waals surface area (Å²) in [5, 5.41) is 14.8. The van der Waals surface area contributed by atoms with Crippen molar-refractivity contribution in [3.63, 3.8) is 0 Å². The maximum Gasteiger partial charge on any atom is 0.430 e. The van der Waals surface area contributed by atoms with E-state index < -0.39 is 6.09 Å². The third-order valence-corrected chi connectivity index (χ3v) is 6.81. The molecule has 0 unspecified atom stereocenters. The number of rotatable bonds is 5. The number of piperazine rings is 1. The first-order valence-corrected chi connectivity index (χ1v) is 12.1. The van der Waals surface area contributed by atoms with E-state index in [-0.39, 0.29) is 0 Å². The molecule has 1 amide bonds. The van der Waals surface area contributed by atoms with Gasteiger partial charge in [-0.15, -0.1) is 5.06 Å². The Morgan fingerprint density at radius 2 is 1.94 bits per heavy atom. The summed E-state index contributed by atoms with van der Waals surface area (Å²) >= 11 is 0. The number of amides is 1. The van der Waals surface area contributed by atoms with Gasteiger partial charge in [0.1, 0.15) is 5.75 Å². The molecule has 1 aromatic heterocycles. The van der Waals surface area contributed by atoms with Crippen LogP contribution < -0.4 is 15.0 Å². The number of benzene rings is 2. The van der Waals surface area contributed by atoms with Crippen LogP contribution in [0.2, 0.25) is 0 Å². The van der Waals surface area contributed by atoms with Crippen LogP contribution in [0.4, 0.5) is 16.2 Å². The number of nitrogens with one attached hydrogen (secondary N) is 2. The van der Waals surface area contributed by atoms with Crippen molar-refractivity contribution in [3.8, 4) is 11.8 Å². The second-order valence-corrected chi connectivity index (χ2v) is 9.12. The lowest BCUT2D eigenvalue weighted by molar-refractivity contribution is -0.0851. The number of hydrogen-bond acceptors (Lipinski definition) is 7. The molecule has 9 nitrogen and oxygen atoms in total. The molecule has 9 heteroatoms. The smallest absolute Gasteiger partial charge is 0.430 e. The first kappa shape index (κ1) is 23.7. The molecule has 1 fully saturated rings. The summed E-state index contributed by atoms with van der Waals surface area (Å²) in [6, 6.07) is 13.5. The fraction of sp³-hybridized carbons (Fsp3) is 0.333. The van der Waals surface area contributed by atoms with Gasteiger partial charge in [0.25, 0.3) is 0 Å². The number of carbonyl (C=O) groups excluding carboxylic acids is 1. The number of likely N-dealkylation sites (N-methyl/N-ethyl adjacent to an activating group) is 1. The summed E-state index contributed by atoms with van der Waals surface area (Å²) in [6.45, 7) is 4.83. The Kier molecular flexibility index (Phi) is 6.80. The van der Waals surface area contributed by atoms with Crippen LogP contribution in [0.3, 0.4) is 0 Å². The predicted octanol–water partition coefficient (Wildman–Crippen LogP) is 4.05. The number of fused-ring (bicyclic) bond motifs is 1. The van der Waals surface area contributed by atoms with E-state index in [2.05, 4.69) is 39.3 Å². The van der Waals surface area contributed by atoms with Crippen LogP contribution in [0.15, 0.2) is 48.7 Å². The molecule has 3 aromatic rings. The highest BCUT2D eigenvalue weighted by Gasteiger charge is 2.21. The van der Waals surface area contributed by atoms with Gasteiger partial charge in [0.05, 0.1) is 31.0 Å². The average Bonchev–Trinajstić information content (AvgIpc) is 3.32. The van der Waals surface area contributed by atoms with Gasteiger partial charge in [-0.3, -0.25) is 5.32 Å². The Balaban J connectivity index is 1.22. The van der Waals surface area contributed by atoms with Crippen molar-refractivity contribution in [1.29, 1.82) is 5.26 Å². The Morgan fingerprint density at radius 1 is 1.11 bits per heavy atom. The number of aromatic nitrogens is 1. The van der Waals surface area contributed by atoms with Crippen LogP contribution in [0.1, 0.15) is 17.5 Å². The minimum atomic E-state index is -0.521. The van der Waals surface area contributed by atoms with E-state index >= 15 is 0 Å². The van der Waals surface area contributed by atoms with E-state index in [1.165, 1.54) is 5.57 Å². The largest absolute Gasteiger partial charge is 0.495 e. The van der Waals surface area contributed by atoms with Crippen LogP contribution in [-0.4, -0.2) is 74.5 Å². The number of nitrogens with zero attached hydrogens (tertiary/aromatic N) is 4. The second kappa shape index (κ2) is 10.3. The zero-order valence-electron chi connectivity index (χ0n) is 20.6. The summed E-state index contributed by atoms with van der Waals surface area (Å²) < 4.78 is 5.56. The third-order valence-electron chi connectivity index (χ3n) is 6.81. The molecule has 2 aliphatic rings. The lowest BCUT2D eigenvalue weighted by Gasteiger charge is -2.35. The summed E-state index contributed by atoms with van der Waals surface area (Å²) in [6.07, 6.45) is 4.25. The van der Waals surface area contributed by atoms with E-state index in [1.807, 2.05) is 42.6 Å². The van der Waals surface area contributed by atoms with Crippen LogP contribution >= 0.6 is 0 Å². The number of methoxy groups -OCH3 is 1. The van der Waals surface area contributed by atoms with E-state index in [0.717, 1.165) is 60.5 Å². The van der Waals surface area contributed by atoms with Crippen molar-refractivity contribution in [2.75, 3.05) is 63.6 Å². The van der Waals surface area contributed by atoms with Gasteiger partial charge in [0.15, 0.2) is 0 Å². The average molecular weight is 487 g/mol. The van der Waals surface area contributed by atoms with Crippen LogP contribution in [0.25, 0.3) is 16.5 Å². The summed E-state index contributed by atoms with van der Waals surface area (Å²) in [7, 11) is 3.78. The number of hydrogen-bond donors (Lipinski definition) is 2. The summed E-state index contributed by atoms with van der Waals surface area (Å²) in [5.41, 5.74) is 5.51. The van der Waals surface area contributed by atoms with Gasteiger partial charge in [0, 0.05) is 61.1 Å². The topological polar surface area (TPSA) is 96.9 Å². The van der Waals surface area contributed by atoms with Crippen LogP contribution in [0, 0.1) is 11.3 Å². The highest BCUT2D eigenvalue weighted by atomic mass is 16.7. The number of ether oxygens (including phenoxy) is 1. The van der Waals surface area contributed by atoms with Gasteiger partial charge in [-0.05, 0) is 55.4 Å². The minimum Gasteiger partial charge on any atom is -0.495 e. The quantitative estimate of drug-likeness (QED) is 0.562. The molecule has 2 N–H and O–H groups in total. The number of anilines is 2. The molecular weight excluding hydrogens is 456 g/mol. The normalized spacial score (nSPS) is 16.9. The molecule has 0 radical (unpaired) electrons. The van der Waals surface area contributed by atoms with E-state index in [4.69, 9.17) is 9.57 Å². The zero-order valence-corrected chi connectivity index (χ0v) is 20.6. The molecule has 0 saturated carbocycles. The van der Waals surface area contributed by atoms with Gasteiger partial charge in [-0.1, -0.05) is 6.08 Å². The van der Waals surface area contributed by atoms with Gasteiger partial charge >= 0.3 is 6.09 Å². The number of hydroxylamine groups is 2. The van der Waals surface area contributed by atoms with Crippen molar-refractivity contribution in [1.82, 2.24) is 14.9 Å². The molecule has 186 valence electrons. The Bertz CT molecular complexity index is 1330. The number of carbonyl (C=O) groups is 1. The lowest BCUT2D eigenvalue weighted by Crippen LogP contribution is -2.44. The maximum atomic E-state index is 12.6. The molecule has 5 rings (SSSR count). The third kappa shape index (κ3) is 5.00. The number of H-pyrrole nitrogens is 1. The van der Waals surface area contributed by atoms with Gasteiger partial charge in [-0.25, -0.2) is 4.79 Å². The van der Waals surface area contributed by atoms with Gasteiger partial charge in [-0.2, -0.15) is 5.26 Å². The highest BCUT2D eigenvalue weighted by molar-refractivity contribution is 5.93. The molecule has 0 aliphatic carbocycles. The standard InChI is InChI=1S/C27H30N6O3/c1-31-11-13-32(14-12-31)25-16-21(4-6-26(25)35-2)30-27(34)36-33-9-7-20(8-10-33)23-18-29-24-5-3-19(17-28)15-22(23)24/h3-7,15-16,18,29H,8-14H2,1-2H3,(H,30,34). The van der Waals surface area contributed by atoms with Crippen molar-refractivity contribution < 1.29 is 14.4 Å². The van der Waals surface area contributed by atoms with Crippen molar-refractivity contribution in [3.05, 3.63) is 59.8 Å². The van der Waals surface area contributed by atoms with Gasteiger partial charge in [0.2, 0.25) is 0 Å². The monoisotopic (exact) mass is 486 g/mol. The van der Waals surface area contributed by atoms with E-state index in [9.17, 15) is 10.1 Å². The Morgan fingerprint density at radius 3 is 2.67 bits per heavy atom. The second-order valence-electron chi connectivity index (χ2n) is 9.12. The first-order chi connectivity index (χ1) is 17.5. The summed E-state index contributed by atoms with van der Waals surface area (Å²) in [4.78, 5) is 26.1. The molecule has 0 bridgehead atoms. The first-order valence-electron chi connectivity index (χ1n) is 12.1. The molecule has 2 aliphatic heterocycles. The van der Waals surface area contributed by atoms with Crippen LogP contribution in [0.5, 0.6) is 5.75 Å². The number of aromatic amines is 1. The fourth-order valence-corrected chi connectivity index (χ4v) is 4.75. The molecule has 0 spiro atoms. The molecular formula is C27H30N6O3. The van der Waals surface area contributed by atoms with Crippen molar-refractivity contribution >= 4 is 33.9 Å². The summed E-state index contributed by atoms with van der Waals surface area (Å²) in [5.74, 6) is 0.784. The van der Waals surface area contributed by atoms with E-state index in [1.54, 1.807) is 12.2 Å². The fourth-order valence-electron chi connectivity index (χ4n) is 4.75. The lowest BCUT2D eigenvalue weighted by atomic mass is 9.99. The van der Waals surface area contributed by atoms with E-state index in [0.29, 0.717) is 24.3 Å². The SMILES string of the molecule is COc1ccc(NC(=O)ON2CC=C(c3c[nH]c4ccc(C#N)cc34)CC2)cc1N1CCN(C)CC1. The molecule has 3 heterocycles.